The molecular weight excluding hydrogens is 450 g/mol. The van der Waals surface area contributed by atoms with Crippen LogP contribution in [0.1, 0.15) is 17.8 Å². The molecule has 0 aliphatic carbocycles. The Bertz CT molecular complexity index is 1370. The molecule has 8 nitrogen and oxygen atoms in total. The fourth-order valence-electron chi connectivity index (χ4n) is 3.45. The van der Waals surface area contributed by atoms with Crippen LogP contribution in [0.25, 0.3) is 10.9 Å². The number of aromatic amines is 1. The van der Waals surface area contributed by atoms with Gasteiger partial charge in [-0.2, -0.15) is 0 Å². The zero-order chi connectivity index (χ0) is 22.1. The number of rotatable bonds is 6. The van der Waals surface area contributed by atoms with Gasteiger partial charge in [-0.3, -0.25) is 9.36 Å². The maximum atomic E-state index is 12.4. The summed E-state index contributed by atoms with van der Waals surface area (Å²) in [6, 6.07) is 12.5. The number of para-hydroxylation sites is 2. The van der Waals surface area contributed by atoms with Crippen molar-refractivity contribution < 1.29 is 9.47 Å². The van der Waals surface area contributed by atoms with Crippen molar-refractivity contribution in [1.82, 2.24) is 24.7 Å². The SMILES string of the molecule is C=CCn1c(SCc2nc3cc(Cl)ccc3c(=O)[nH]2)nnc1C1COc2ccccc2O1. The Hall–Kier alpha value is -3.30. The Morgan fingerprint density at radius 1 is 1.25 bits per heavy atom. The Morgan fingerprint density at radius 3 is 2.94 bits per heavy atom. The number of hydrogen-bond donors (Lipinski definition) is 1. The molecule has 2 aromatic carbocycles. The van der Waals surface area contributed by atoms with Crippen molar-refractivity contribution in [1.29, 1.82) is 0 Å². The molecule has 0 fully saturated rings. The molecule has 0 saturated heterocycles. The fourth-order valence-corrected chi connectivity index (χ4v) is 4.45. The van der Waals surface area contributed by atoms with Gasteiger partial charge in [0.05, 0.1) is 16.7 Å². The van der Waals surface area contributed by atoms with E-state index in [1.54, 1.807) is 24.3 Å². The molecule has 4 aromatic rings. The van der Waals surface area contributed by atoms with Gasteiger partial charge in [0.1, 0.15) is 12.4 Å². The van der Waals surface area contributed by atoms with Gasteiger partial charge in [0, 0.05) is 11.6 Å². The minimum atomic E-state index is -0.396. The smallest absolute Gasteiger partial charge is 0.258 e. The molecule has 32 heavy (non-hydrogen) atoms. The first-order chi connectivity index (χ1) is 15.6. The Balaban J connectivity index is 1.39. The molecule has 162 valence electrons. The van der Waals surface area contributed by atoms with Gasteiger partial charge in [0.25, 0.3) is 5.56 Å². The number of thioether (sulfide) groups is 1. The first-order valence-corrected chi connectivity index (χ1v) is 11.2. The quantitative estimate of drug-likeness (QED) is 0.336. The third-order valence-corrected chi connectivity index (χ3v) is 6.12. The van der Waals surface area contributed by atoms with Crippen molar-refractivity contribution in [3.63, 3.8) is 0 Å². The largest absolute Gasteiger partial charge is 0.485 e. The van der Waals surface area contributed by atoms with E-state index in [1.807, 2.05) is 28.8 Å². The maximum Gasteiger partial charge on any atom is 0.258 e. The summed E-state index contributed by atoms with van der Waals surface area (Å²) in [7, 11) is 0. The van der Waals surface area contributed by atoms with E-state index in [2.05, 4.69) is 26.7 Å². The van der Waals surface area contributed by atoms with E-state index in [1.165, 1.54) is 11.8 Å². The number of nitrogens with zero attached hydrogens (tertiary/aromatic N) is 4. The molecule has 1 atom stereocenters. The predicted molar refractivity (Wildman–Crippen MR) is 122 cm³/mol. The summed E-state index contributed by atoms with van der Waals surface area (Å²) in [6.45, 7) is 4.68. The average Bonchev–Trinajstić information content (AvgIpc) is 3.20. The number of nitrogens with one attached hydrogen (secondary N) is 1. The highest BCUT2D eigenvalue weighted by Crippen LogP contribution is 2.36. The number of fused-ring (bicyclic) bond motifs is 2. The van der Waals surface area contributed by atoms with Crippen LogP contribution in [0.2, 0.25) is 5.02 Å². The summed E-state index contributed by atoms with van der Waals surface area (Å²) in [5.74, 6) is 2.95. The number of aromatic nitrogens is 5. The van der Waals surface area contributed by atoms with Crippen LogP contribution in [0, 0.1) is 0 Å². The summed E-state index contributed by atoms with van der Waals surface area (Å²) in [4.78, 5) is 19.7. The molecule has 3 heterocycles. The van der Waals surface area contributed by atoms with E-state index in [9.17, 15) is 4.79 Å². The number of benzene rings is 2. The first kappa shape index (κ1) is 20.6. The Kier molecular flexibility index (Phi) is 5.59. The summed E-state index contributed by atoms with van der Waals surface area (Å²) < 4.78 is 13.8. The van der Waals surface area contributed by atoms with Crippen molar-refractivity contribution >= 4 is 34.3 Å². The molecule has 1 aliphatic heterocycles. The zero-order valence-corrected chi connectivity index (χ0v) is 18.4. The first-order valence-electron chi connectivity index (χ1n) is 9.86. The van der Waals surface area contributed by atoms with Crippen LogP contribution in [-0.2, 0) is 12.3 Å². The van der Waals surface area contributed by atoms with Gasteiger partial charge < -0.3 is 14.5 Å². The van der Waals surface area contributed by atoms with Gasteiger partial charge in [0.15, 0.2) is 28.6 Å². The normalized spacial score (nSPS) is 15.1. The minimum absolute atomic E-state index is 0.207. The average molecular weight is 468 g/mol. The van der Waals surface area contributed by atoms with Gasteiger partial charge in [-0.05, 0) is 30.3 Å². The fraction of sp³-hybridized carbons (Fsp3) is 0.182. The monoisotopic (exact) mass is 467 g/mol. The Morgan fingerprint density at radius 2 is 2.09 bits per heavy atom. The second kappa shape index (κ2) is 8.68. The van der Waals surface area contributed by atoms with Crippen LogP contribution < -0.4 is 15.0 Å². The van der Waals surface area contributed by atoms with Crippen LogP contribution in [0.4, 0.5) is 0 Å². The Labute approximate surface area is 192 Å². The van der Waals surface area contributed by atoms with Gasteiger partial charge in [0.2, 0.25) is 0 Å². The van der Waals surface area contributed by atoms with Gasteiger partial charge >= 0.3 is 0 Å². The van der Waals surface area contributed by atoms with Crippen LogP contribution in [-0.4, -0.2) is 31.3 Å². The third-order valence-electron chi connectivity index (χ3n) is 4.91. The van der Waals surface area contributed by atoms with Crippen LogP contribution >= 0.6 is 23.4 Å². The summed E-state index contributed by atoms with van der Waals surface area (Å²) in [5.41, 5.74) is 0.346. The standard InChI is InChI=1S/C22H18ClN5O3S/c1-2-9-28-20(18-11-30-16-5-3-4-6-17(16)31-18)26-27-22(28)32-12-19-24-15-10-13(23)7-8-14(15)21(29)25-19/h2-8,10,18H,1,9,11-12H2,(H,24,25,29). The van der Waals surface area contributed by atoms with Crippen molar-refractivity contribution in [2.45, 2.75) is 23.6 Å². The topological polar surface area (TPSA) is 94.9 Å². The van der Waals surface area contributed by atoms with E-state index < -0.39 is 6.10 Å². The highest BCUT2D eigenvalue weighted by Gasteiger charge is 2.28. The number of hydrogen-bond acceptors (Lipinski definition) is 7. The minimum Gasteiger partial charge on any atom is -0.485 e. The number of H-pyrrole nitrogens is 1. The number of allylic oxidation sites excluding steroid dienone is 1. The van der Waals surface area contributed by atoms with E-state index in [0.717, 1.165) is 0 Å². The molecule has 1 unspecified atom stereocenters. The van der Waals surface area contributed by atoms with Gasteiger partial charge in [-0.1, -0.05) is 41.6 Å². The predicted octanol–water partition coefficient (Wildman–Crippen LogP) is 4.16. The third kappa shape index (κ3) is 3.96. The van der Waals surface area contributed by atoms with Crippen molar-refractivity contribution in [2.75, 3.05) is 6.61 Å². The molecule has 0 amide bonds. The van der Waals surface area contributed by atoms with E-state index in [4.69, 9.17) is 21.1 Å². The number of ether oxygens (including phenoxy) is 2. The number of halogens is 1. The molecular formula is C22H18ClN5O3S. The van der Waals surface area contributed by atoms with Crippen molar-refractivity contribution in [3.05, 3.63) is 82.1 Å². The zero-order valence-electron chi connectivity index (χ0n) is 16.8. The van der Waals surface area contributed by atoms with E-state index >= 15 is 0 Å². The summed E-state index contributed by atoms with van der Waals surface area (Å²) >= 11 is 7.46. The van der Waals surface area contributed by atoms with Crippen LogP contribution in [0.5, 0.6) is 11.5 Å². The molecule has 5 rings (SSSR count). The van der Waals surface area contributed by atoms with Crippen molar-refractivity contribution in [2.24, 2.45) is 0 Å². The molecule has 0 radical (unpaired) electrons. The lowest BCUT2D eigenvalue weighted by Gasteiger charge is -2.26. The van der Waals surface area contributed by atoms with Crippen LogP contribution in [0.3, 0.4) is 0 Å². The second-order valence-electron chi connectivity index (χ2n) is 7.07. The van der Waals surface area contributed by atoms with Gasteiger partial charge in [-0.25, -0.2) is 4.98 Å². The summed E-state index contributed by atoms with van der Waals surface area (Å²) in [5, 5.41) is 10.4. The molecule has 0 saturated carbocycles. The lowest BCUT2D eigenvalue weighted by molar-refractivity contribution is 0.0821. The second-order valence-corrected chi connectivity index (χ2v) is 8.45. The van der Waals surface area contributed by atoms with E-state index in [0.29, 0.717) is 63.1 Å². The van der Waals surface area contributed by atoms with Gasteiger partial charge in [-0.15, -0.1) is 16.8 Å². The molecule has 1 N–H and O–H groups in total. The van der Waals surface area contributed by atoms with Crippen LogP contribution in [0.15, 0.2) is 65.1 Å². The molecule has 10 heteroatoms. The van der Waals surface area contributed by atoms with Crippen molar-refractivity contribution in [3.8, 4) is 11.5 Å². The molecule has 2 aromatic heterocycles. The maximum absolute atomic E-state index is 12.4. The summed E-state index contributed by atoms with van der Waals surface area (Å²) in [6.07, 6.45) is 1.37. The van der Waals surface area contributed by atoms with E-state index in [-0.39, 0.29) is 5.56 Å². The lowest BCUT2D eigenvalue weighted by atomic mass is 10.2. The lowest BCUT2D eigenvalue weighted by Crippen LogP contribution is -2.25. The molecule has 0 spiro atoms. The highest BCUT2D eigenvalue weighted by atomic mass is 35.5. The highest BCUT2D eigenvalue weighted by molar-refractivity contribution is 7.98. The molecule has 1 aliphatic rings. The molecule has 0 bridgehead atoms.